The highest BCUT2D eigenvalue weighted by molar-refractivity contribution is 9.10. The number of carbonyl (C=O) groups excluding carboxylic acids is 1. The zero-order valence-corrected chi connectivity index (χ0v) is 12.9. The molecule has 0 atom stereocenters. The van der Waals surface area contributed by atoms with Crippen LogP contribution in [0.3, 0.4) is 0 Å². The highest BCUT2D eigenvalue weighted by Gasteiger charge is 2.12. The lowest BCUT2D eigenvalue weighted by atomic mass is 10.1. The van der Waals surface area contributed by atoms with E-state index in [4.69, 9.17) is 5.84 Å². The van der Waals surface area contributed by atoms with E-state index in [-0.39, 0.29) is 5.91 Å². The van der Waals surface area contributed by atoms with Crippen molar-refractivity contribution in [3.63, 3.8) is 0 Å². The Morgan fingerprint density at radius 2 is 1.85 bits per heavy atom. The summed E-state index contributed by atoms with van der Waals surface area (Å²) in [5, 5.41) is 2.90. The fourth-order valence-corrected chi connectivity index (χ4v) is 2.26. The predicted octanol–water partition coefficient (Wildman–Crippen LogP) is 3.60. The molecule has 0 aromatic heterocycles. The first-order chi connectivity index (χ1) is 9.51. The van der Waals surface area contributed by atoms with Crippen LogP contribution in [0.25, 0.3) is 0 Å². The summed E-state index contributed by atoms with van der Waals surface area (Å²) in [5.74, 6) is 5.27. The molecule has 1 amide bonds. The topological polar surface area (TPSA) is 67.2 Å². The third-order valence-corrected chi connectivity index (χ3v) is 3.52. The monoisotopic (exact) mass is 333 g/mol. The highest BCUT2D eigenvalue weighted by Crippen LogP contribution is 2.23. The molecule has 0 radical (unpaired) electrons. The molecule has 20 heavy (non-hydrogen) atoms. The van der Waals surface area contributed by atoms with E-state index in [0.29, 0.717) is 11.3 Å². The minimum Gasteiger partial charge on any atom is -0.323 e. The van der Waals surface area contributed by atoms with Gasteiger partial charge in [-0.05, 0) is 49.2 Å². The summed E-state index contributed by atoms with van der Waals surface area (Å²) < 4.78 is 0.916. The molecule has 0 bridgehead atoms. The zero-order chi connectivity index (χ0) is 14.7. The lowest BCUT2D eigenvalue weighted by molar-refractivity contribution is 0.102. The summed E-state index contributed by atoms with van der Waals surface area (Å²) in [4.78, 5) is 12.3. The minimum atomic E-state index is -0.195. The van der Waals surface area contributed by atoms with E-state index in [0.717, 1.165) is 21.3 Å². The number of hydrogen-bond donors (Lipinski definition) is 3. The van der Waals surface area contributed by atoms with Crippen molar-refractivity contribution >= 4 is 33.2 Å². The molecule has 0 aliphatic heterocycles. The molecule has 0 spiro atoms. The van der Waals surface area contributed by atoms with Crippen molar-refractivity contribution in [2.45, 2.75) is 13.8 Å². The number of halogens is 1. The van der Waals surface area contributed by atoms with Gasteiger partial charge in [-0.1, -0.05) is 28.1 Å². The Hall–Kier alpha value is -1.85. The van der Waals surface area contributed by atoms with Crippen molar-refractivity contribution in [1.82, 2.24) is 0 Å². The average Bonchev–Trinajstić information content (AvgIpc) is 2.42. The Balaban J connectivity index is 2.30. The van der Waals surface area contributed by atoms with Crippen LogP contribution in [0.4, 0.5) is 11.4 Å². The van der Waals surface area contributed by atoms with Crippen molar-refractivity contribution < 1.29 is 4.79 Å². The van der Waals surface area contributed by atoms with Gasteiger partial charge in [0.05, 0.1) is 11.3 Å². The molecule has 0 unspecified atom stereocenters. The molecule has 2 aromatic rings. The Kier molecular flexibility index (Phi) is 4.42. The smallest absolute Gasteiger partial charge is 0.257 e. The number of anilines is 2. The van der Waals surface area contributed by atoms with Crippen LogP contribution in [0.5, 0.6) is 0 Å². The van der Waals surface area contributed by atoms with Gasteiger partial charge in [0.1, 0.15) is 0 Å². The molecule has 0 aliphatic carbocycles. The summed E-state index contributed by atoms with van der Waals surface area (Å²) >= 11 is 3.40. The SMILES string of the molecule is Cc1ccc(C(=O)Nc2cc(Br)ccc2C)c(NN)c1. The first-order valence-electron chi connectivity index (χ1n) is 6.16. The van der Waals surface area contributed by atoms with E-state index < -0.39 is 0 Å². The second kappa shape index (κ2) is 6.07. The van der Waals surface area contributed by atoms with Gasteiger partial charge in [0.2, 0.25) is 0 Å². The fraction of sp³-hybridized carbons (Fsp3) is 0.133. The van der Waals surface area contributed by atoms with Crippen LogP contribution in [-0.4, -0.2) is 5.91 Å². The minimum absolute atomic E-state index is 0.195. The standard InChI is InChI=1S/C15H16BrN3O/c1-9-3-6-12(14(7-9)19-17)15(20)18-13-8-11(16)5-4-10(13)2/h3-8,19H,17H2,1-2H3,(H,18,20). The first kappa shape index (κ1) is 14.6. The van der Waals surface area contributed by atoms with E-state index in [1.807, 2.05) is 44.2 Å². The molecule has 104 valence electrons. The molecular formula is C15H16BrN3O. The van der Waals surface area contributed by atoms with Crippen molar-refractivity contribution in [2.75, 3.05) is 10.7 Å². The lowest BCUT2D eigenvalue weighted by Gasteiger charge is -2.12. The molecule has 0 saturated carbocycles. The number of hydrogen-bond acceptors (Lipinski definition) is 3. The van der Waals surface area contributed by atoms with Gasteiger partial charge >= 0.3 is 0 Å². The van der Waals surface area contributed by atoms with Gasteiger partial charge in [-0.25, -0.2) is 0 Å². The maximum absolute atomic E-state index is 12.3. The number of hydrazine groups is 1. The van der Waals surface area contributed by atoms with Crippen molar-refractivity contribution in [3.8, 4) is 0 Å². The Morgan fingerprint density at radius 3 is 2.55 bits per heavy atom. The molecule has 0 fully saturated rings. The Bertz CT molecular complexity index is 656. The molecule has 2 aromatic carbocycles. The number of nitrogen functional groups attached to an aromatic ring is 1. The molecule has 4 N–H and O–H groups in total. The van der Waals surface area contributed by atoms with Crippen LogP contribution in [-0.2, 0) is 0 Å². The third kappa shape index (κ3) is 3.18. The summed E-state index contributed by atoms with van der Waals surface area (Å²) in [7, 11) is 0. The highest BCUT2D eigenvalue weighted by atomic mass is 79.9. The first-order valence-corrected chi connectivity index (χ1v) is 6.95. The number of benzene rings is 2. The van der Waals surface area contributed by atoms with Crippen LogP contribution in [0, 0.1) is 13.8 Å². The molecule has 0 aliphatic rings. The fourth-order valence-electron chi connectivity index (χ4n) is 1.89. The van der Waals surface area contributed by atoms with E-state index in [2.05, 4.69) is 26.7 Å². The van der Waals surface area contributed by atoms with Gasteiger partial charge in [0.15, 0.2) is 0 Å². The van der Waals surface area contributed by atoms with Crippen LogP contribution >= 0.6 is 15.9 Å². The van der Waals surface area contributed by atoms with Crippen LogP contribution < -0.4 is 16.6 Å². The summed E-state index contributed by atoms with van der Waals surface area (Å²) in [6, 6.07) is 11.2. The number of amides is 1. The van der Waals surface area contributed by atoms with Crippen molar-refractivity contribution in [1.29, 1.82) is 0 Å². The van der Waals surface area contributed by atoms with E-state index >= 15 is 0 Å². The van der Waals surface area contributed by atoms with Crippen LogP contribution in [0.1, 0.15) is 21.5 Å². The predicted molar refractivity (Wildman–Crippen MR) is 85.8 cm³/mol. The molecular weight excluding hydrogens is 318 g/mol. The summed E-state index contributed by atoms with van der Waals surface area (Å²) in [6.07, 6.45) is 0. The summed E-state index contributed by atoms with van der Waals surface area (Å²) in [6.45, 7) is 3.89. The van der Waals surface area contributed by atoms with E-state index in [9.17, 15) is 4.79 Å². The molecule has 0 saturated heterocycles. The second-order valence-electron chi connectivity index (χ2n) is 4.61. The summed E-state index contributed by atoms with van der Waals surface area (Å²) in [5.41, 5.74) is 6.48. The van der Waals surface area contributed by atoms with Gasteiger partial charge in [-0.3, -0.25) is 10.6 Å². The maximum Gasteiger partial charge on any atom is 0.257 e. The number of aryl methyl sites for hydroxylation is 2. The second-order valence-corrected chi connectivity index (χ2v) is 5.52. The van der Waals surface area contributed by atoms with Crippen molar-refractivity contribution in [3.05, 3.63) is 57.6 Å². The average molecular weight is 334 g/mol. The number of rotatable bonds is 3. The molecule has 4 nitrogen and oxygen atoms in total. The van der Waals surface area contributed by atoms with E-state index in [1.165, 1.54) is 0 Å². The molecule has 0 heterocycles. The van der Waals surface area contributed by atoms with Gasteiger partial charge in [-0.15, -0.1) is 0 Å². The van der Waals surface area contributed by atoms with E-state index in [1.54, 1.807) is 6.07 Å². The van der Waals surface area contributed by atoms with Gasteiger partial charge in [0.25, 0.3) is 5.91 Å². The van der Waals surface area contributed by atoms with Gasteiger partial charge in [-0.2, -0.15) is 0 Å². The Morgan fingerprint density at radius 1 is 1.10 bits per heavy atom. The number of carbonyl (C=O) groups is 1. The van der Waals surface area contributed by atoms with Crippen LogP contribution in [0.15, 0.2) is 40.9 Å². The molecule has 2 rings (SSSR count). The molecule has 5 heteroatoms. The lowest BCUT2D eigenvalue weighted by Crippen LogP contribution is -2.17. The Labute approximate surface area is 126 Å². The van der Waals surface area contributed by atoms with Gasteiger partial charge < -0.3 is 10.7 Å². The maximum atomic E-state index is 12.3. The zero-order valence-electron chi connectivity index (χ0n) is 11.3. The number of nitrogens with two attached hydrogens (primary N) is 1. The quantitative estimate of drug-likeness (QED) is 0.593. The normalized spacial score (nSPS) is 10.2. The third-order valence-electron chi connectivity index (χ3n) is 3.02. The number of nitrogens with one attached hydrogen (secondary N) is 2. The largest absolute Gasteiger partial charge is 0.323 e. The van der Waals surface area contributed by atoms with Crippen molar-refractivity contribution in [2.24, 2.45) is 5.84 Å². The van der Waals surface area contributed by atoms with Crippen LogP contribution in [0.2, 0.25) is 0 Å². The van der Waals surface area contributed by atoms with Gasteiger partial charge in [0, 0.05) is 10.2 Å².